The summed E-state index contributed by atoms with van der Waals surface area (Å²) in [5.74, 6) is -1.17. The minimum Gasteiger partial charge on any atom is -0.480 e. The van der Waals surface area contributed by atoms with E-state index in [0.717, 1.165) is 25.7 Å². The molecule has 0 bridgehead atoms. The number of nitrogens with zero attached hydrogens (tertiary/aromatic N) is 2. The lowest BCUT2D eigenvalue weighted by Crippen LogP contribution is -2.55. The fourth-order valence-corrected chi connectivity index (χ4v) is 4.07. The van der Waals surface area contributed by atoms with Gasteiger partial charge in [0.2, 0.25) is 11.8 Å². The number of hydrogen-bond acceptors (Lipinski definition) is 4. The number of hydrogen-bond donors (Lipinski definition) is 2. The fourth-order valence-electron chi connectivity index (χ4n) is 4.07. The van der Waals surface area contributed by atoms with Crippen LogP contribution in [0.4, 0.5) is 5.69 Å². The molecule has 0 aromatic heterocycles. The molecule has 1 heterocycles. The smallest absolute Gasteiger partial charge is 0.325 e. The van der Waals surface area contributed by atoms with Crippen LogP contribution >= 0.6 is 0 Å². The molecule has 7 heteroatoms. The number of carboxylic acids is 1. The maximum atomic E-state index is 12.6. The van der Waals surface area contributed by atoms with Crippen LogP contribution in [0, 0.1) is 5.92 Å². The monoisotopic (exact) mass is 387 g/mol. The molecule has 0 unspecified atom stereocenters. The second-order valence-corrected chi connectivity index (χ2v) is 8.00. The third-order valence-electron chi connectivity index (χ3n) is 5.67. The molecule has 0 spiro atoms. The van der Waals surface area contributed by atoms with E-state index in [1.165, 1.54) is 0 Å². The van der Waals surface area contributed by atoms with E-state index < -0.39 is 12.0 Å². The lowest BCUT2D eigenvalue weighted by molar-refractivity contribution is -0.149. The van der Waals surface area contributed by atoms with Crippen molar-refractivity contribution in [2.75, 3.05) is 25.0 Å². The number of carbonyl (C=O) groups is 3. The zero-order chi connectivity index (χ0) is 20.3. The van der Waals surface area contributed by atoms with Crippen molar-refractivity contribution in [3.8, 4) is 0 Å². The summed E-state index contributed by atoms with van der Waals surface area (Å²) in [5.41, 5.74) is 1.24. The summed E-state index contributed by atoms with van der Waals surface area (Å²) in [6.07, 6.45) is 4.43. The minimum absolute atomic E-state index is 0.0187. The molecule has 3 rings (SSSR count). The van der Waals surface area contributed by atoms with Crippen molar-refractivity contribution in [3.63, 3.8) is 0 Å². The molecule has 1 saturated carbocycles. The highest BCUT2D eigenvalue weighted by Gasteiger charge is 2.36. The Morgan fingerprint density at radius 3 is 2.29 bits per heavy atom. The molecule has 0 radical (unpaired) electrons. The van der Waals surface area contributed by atoms with Crippen LogP contribution in [0.15, 0.2) is 24.3 Å². The molecule has 1 aromatic rings. The number of carboxylic acid groups (broad SMARTS) is 1. The van der Waals surface area contributed by atoms with Gasteiger partial charge in [0.15, 0.2) is 0 Å². The molecule has 2 aliphatic rings. The van der Waals surface area contributed by atoms with Gasteiger partial charge < -0.3 is 15.3 Å². The molecule has 1 aromatic carbocycles. The second-order valence-electron chi connectivity index (χ2n) is 8.00. The Balaban J connectivity index is 1.69. The van der Waals surface area contributed by atoms with Crippen LogP contribution in [0.3, 0.4) is 0 Å². The predicted molar refractivity (Wildman–Crippen MR) is 106 cm³/mol. The van der Waals surface area contributed by atoms with Gasteiger partial charge in [-0.2, -0.15) is 0 Å². The summed E-state index contributed by atoms with van der Waals surface area (Å²) >= 11 is 0. The Morgan fingerprint density at radius 2 is 1.75 bits per heavy atom. The Hall–Kier alpha value is -2.41. The van der Waals surface area contributed by atoms with Crippen LogP contribution < -0.4 is 5.32 Å². The third kappa shape index (κ3) is 4.52. The van der Waals surface area contributed by atoms with Gasteiger partial charge in [0.05, 0.1) is 6.54 Å². The molecule has 1 aliphatic heterocycles. The first-order chi connectivity index (χ1) is 13.4. The predicted octanol–water partition coefficient (Wildman–Crippen LogP) is 2.49. The van der Waals surface area contributed by atoms with E-state index in [0.29, 0.717) is 30.4 Å². The van der Waals surface area contributed by atoms with Crippen LogP contribution in [-0.4, -0.2) is 58.4 Å². The van der Waals surface area contributed by atoms with Crippen molar-refractivity contribution >= 4 is 23.5 Å². The van der Waals surface area contributed by atoms with Gasteiger partial charge in [0, 0.05) is 30.7 Å². The number of amides is 2. The first kappa shape index (κ1) is 20.3. The molecular weight excluding hydrogens is 358 g/mol. The highest BCUT2D eigenvalue weighted by atomic mass is 16.4. The molecule has 7 nitrogen and oxygen atoms in total. The first-order valence-corrected chi connectivity index (χ1v) is 10.0. The van der Waals surface area contributed by atoms with E-state index in [-0.39, 0.29) is 24.3 Å². The van der Waals surface area contributed by atoms with Gasteiger partial charge in [-0.05, 0) is 30.5 Å². The summed E-state index contributed by atoms with van der Waals surface area (Å²) in [6, 6.07) is 6.29. The van der Waals surface area contributed by atoms with E-state index in [4.69, 9.17) is 0 Å². The van der Waals surface area contributed by atoms with Crippen LogP contribution in [0.5, 0.6) is 0 Å². The number of aliphatic carboxylic acids is 1. The number of piperazine rings is 1. The van der Waals surface area contributed by atoms with Crippen LogP contribution in [-0.2, 0) is 14.4 Å². The highest BCUT2D eigenvalue weighted by molar-refractivity contribution is 5.92. The molecule has 2 fully saturated rings. The molecule has 1 atom stereocenters. The van der Waals surface area contributed by atoms with Gasteiger partial charge >= 0.3 is 5.97 Å². The van der Waals surface area contributed by atoms with Crippen molar-refractivity contribution in [1.29, 1.82) is 0 Å². The van der Waals surface area contributed by atoms with Gasteiger partial charge in [-0.3, -0.25) is 19.3 Å². The first-order valence-electron chi connectivity index (χ1n) is 10.0. The van der Waals surface area contributed by atoms with Gasteiger partial charge in [-0.1, -0.05) is 38.8 Å². The van der Waals surface area contributed by atoms with Crippen LogP contribution in [0.2, 0.25) is 0 Å². The molecular formula is C21H29N3O4. The van der Waals surface area contributed by atoms with Gasteiger partial charge in [0.1, 0.15) is 6.04 Å². The normalized spacial score (nSPS) is 19.8. The minimum atomic E-state index is -0.971. The summed E-state index contributed by atoms with van der Waals surface area (Å²) < 4.78 is 0. The SMILES string of the molecule is CC(C)C(=O)Nc1ccc([C@H](C(=O)O)N2CCN(C3CCCC3)C(=O)C2)cc1. The van der Waals surface area contributed by atoms with E-state index in [1.54, 1.807) is 29.2 Å². The molecule has 152 valence electrons. The number of rotatable bonds is 6. The molecule has 2 N–H and O–H groups in total. The Labute approximate surface area is 165 Å². The van der Waals surface area contributed by atoms with Crippen molar-refractivity contribution in [2.45, 2.75) is 51.6 Å². The van der Waals surface area contributed by atoms with Crippen molar-refractivity contribution in [1.82, 2.24) is 9.80 Å². The lowest BCUT2D eigenvalue weighted by atomic mass is 10.0. The topological polar surface area (TPSA) is 89.9 Å². The maximum Gasteiger partial charge on any atom is 0.325 e. The average molecular weight is 387 g/mol. The molecule has 28 heavy (non-hydrogen) atoms. The van der Waals surface area contributed by atoms with Gasteiger partial charge in [0.25, 0.3) is 0 Å². The quantitative estimate of drug-likeness (QED) is 0.783. The fraction of sp³-hybridized carbons (Fsp3) is 0.571. The summed E-state index contributed by atoms with van der Waals surface area (Å²) in [7, 11) is 0. The van der Waals surface area contributed by atoms with E-state index >= 15 is 0 Å². The standard InChI is InChI=1S/C21H29N3O4/c1-14(2)20(26)22-16-9-7-15(8-10-16)19(21(27)28)23-11-12-24(18(25)13-23)17-5-3-4-6-17/h7-10,14,17,19H,3-6,11-13H2,1-2H3,(H,22,26)(H,27,28)/t19-/m1/s1. The molecule has 1 saturated heterocycles. The number of carbonyl (C=O) groups excluding carboxylic acids is 2. The zero-order valence-electron chi connectivity index (χ0n) is 16.6. The average Bonchev–Trinajstić information content (AvgIpc) is 3.17. The van der Waals surface area contributed by atoms with Gasteiger partial charge in [-0.15, -0.1) is 0 Å². The molecule has 1 aliphatic carbocycles. The Kier molecular flexibility index (Phi) is 6.34. The summed E-state index contributed by atoms with van der Waals surface area (Å²) in [6.45, 7) is 4.87. The summed E-state index contributed by atoms with van der Waals surface area (Å²) in [5, 5.41) is 12.6. The highest BCUT2D eigenvalue weighted by Crippen LogP contribution is 2.28. The van der Waals surface area contributed by atoms with E-state index in [1.807, 2.05) is 18.7 Å². The van der Waals surface area contributed by atoms with E-state index in [2.05, 4.69) is 5.32 Å². The largest absolute Gasteiger partial charge is 0.480 e. The van der Waals surface area contributed by atoms with E-state index in [9.17, 15) is 19.5 Å². The number of nitrogens with one attached hydrogen (secondary N) is 1. The summed E-state index contributed by atoms with van der Waals surface area (Å²) in [4.78, 5) is 40.1. The zero-order valence-corrected chi connectivity index (χ0v) is 16.6. The second kappa shape index (κ2) is 8.73. The van der Waals surface area contributed by atoms with Crippen LogP contribution in [0.1, 0.15) is 51.1 Å². The Morgan fingerprint density at radius 1 is 1.11 bits per heavy atom. The van der Waals surface area contributed by atoms with Gasteiger partial charge in [-0.25, -0.2) is 0 Å². The lowest BCUT2D eigenvalue weighted by Gasteiger charge is -2.40. The number of anilines is 1. The maximum absolute atomic E-state index is 12.6. The van der Waals surface area contributed by atoms with Crippen molar-refractivity contribution in [2.24, 2.45) is 5.92 Å². The van der Waals surface area contributed by atoms with Crippen molar-refractivity contribution in [3.05, 3.63) is 29.8 Å². The number of benzene rings is 1. The molecule has 2 amide bonds. The third-order valence-corrected chi connectivity index (χ3v) is 5.67. The Bertz CT molecular complexity index is 726. The van der Waals surface area contributed by atoms with Crippen LogP contribution in [0.25, 0.3) is 0 Å². The van der Waals surface area contributed by atoms with Crippen molar-refractivity contribution < 1.29 is 19.5 Å².